The van der Waals surface area contributed by atoms with E-state index < -0.39 is 12.1 Å². The van der Waals surface area contributed by atoms with Gasteiger partial charge in [-0.2, -0.15) is 13.2 Å². The lowest BCUT2D eigenvalue weighted by molar-refractivity contribution is -0.192. The van der Waals surface area contributed by atoms with Crippen LogP contribution in [0.1, 0.15) is 10.4 Å². The SMILES string of the molecule is CN(C)CCN(C)C(=O)c1cccn2c(=O)c3cc4ccccc4cc3nc12.O=C(O)C(F)(F)F. The number of benzene rings is 2. The van der Waals surface area contributed by atoms with E-state index in [1.165, 1.54) is 4.40 Å². The van der Waals surface area contributed by atoms with Gasteiger partial charge in [0.05, 0.1) is 16.5 Å². The van der Waals surface area contributed by atoms with Crippen molar-refractivity contribution < 1.29 is 27.9 Å². The van der Waals surface area contributed by atoms with Crippen LogP contribution in [-0.4, -0.2) is 76.6 Å². The molecule has 2 heterocycles. The number of nitrogens with zero attached hydrogens (tertiary/aromatic N) is 4. The molecule has 2 aromatic heterocycles. The molecule has 1 N–H and O–H groups in total. The van der Waals surface area contributed by atoms with Gasteiger partial charge in [0.25, 0.3) is 11.5 Å². The Balaban J connectivity index is 0.000000429. The predicted octanol–water partition coefficient (Wildman–Crippen LogP) is 3.27. The van der Waals surface area contributed by atoms with E-state index in [0.29, 0.717) is 28.7 Å². The van der Waals surface area contributed by atoms with Crippen molar-refractivity contribution in [1.29, 1.82) is 0 Å². The van der Waals surface area contributed by atoms with E-state index in [-0.39, 0.29) is 11.5 Å². The number of aromatic nitrogens is 2. The summed E-state index contributed by atoms with van der Waals surface area (Å²) in [5.74, 6) is -2.90. The number of carboxylic acids is 1. The Morgan fingerprint density at radius 3 is 2.17 bits per heavy atom. The largest absolute Gasteiger partial charge is 0.490 e. The number of carbonyl (C=O) groups is 2. The summed E-state index contributed by atoms with van der Waals surface area (Å²) in [7, 11) is 5.70. The molecule has 0 aliphatic carbocycles. The Hall–Kier alpha value is -3.99. The minimum atomic E-state index is -5.08. The molecule has 11 heteroatoms. The van der Waals surface area contributed by atoms with Gasteiger partial charge in [-0.3, -0.25) is 14.0 Å². The third-order valence-corrected chi connectivity index (χ3v) is 5.21. The van der Waals surface area contributed by atoms with Crippen molar-refractivity contribution in [3.8, 4) is 0 Å². The fourth-order valence-corrected chi connectivity index (χ4v) is 3.34. The van der Waals surface area contributed by atoms with Crippen molar-refractivity contribution in [3.63, 3.8) is 0 Å². The van der Waals surface area contributed by atoms with Crippen LogP contribution < -0.4 is 5.56 Å². The highest BCUT2D eigenvalue weighted by atomic mass is 19.4. The molecule has 1 amide bonds. The first-order valence-corrected chi connectivity index (χ1v) is 10.4. The molecule has 0 unspecified atom stereocenters. The molecule has 0 fully saturated rings. The van der Waals surface area contributed by atoms with Crippen LogP contribution in [0.15, 0.2) is 59.5 Å². The van der Waals surface area contributed by atoms with Gasteiger partial charge in [0.1, 0.15) is 0 Å². The zero-order valence-electron chi connectivity index (χ0n) is 19.2. The van der Waals surface area contributed by atoms with E-state index in [1.807, 2.05) is 55.4 Å². The number of rotatable bonds is 4. The molecule has 35 heavy (non-hydrogen) atoms. The van der Waals surface area contributed by atoms with Gasteiger partial charge in [-0.05, 0) is 49.1 Å². The van der Waals surface area contributed by atoms with Crippen LogP contribution in [-0.2, 0) is 4.79 Å². The smallest absolute Gasteiger partial charge is 0.475 e. The average molecular weight is 488 g/mol. The van der Waals surface area contributed by atoms with E-state index >= 15 is 0 Å². The molecule has 0 aliphatic rings. The molecule has 0 aliphatic heterocycles. The number of hydrogen-bond acceptors (Lipinski definition) is 5. The number of carboxylic acid groups (broad SMARTS) is 1. The fourth-order valence-electron chi connectivity index (χ4n) is 3.34. The number of alkyl halides is 3. The fraction of sp³-hybridized carbons (Fsp3) is 0.250. The van der Waals surface area contributed by atoms with Crippen LogP contribution in [0.3, 0.4) is 0 Å². The van der Waals surface area contributed by atoms with Crippen molar-refractivity contribution in [1.82, 2.24) is 19.2 Å². The maximum absolute atomic E-state index is 13.1. The van der Waals surface area contributed by atoms with Crippen molar-refractivity contribution in [2.24, 2.45) is 0 Å². The molecular weight excluding hydrogens is 465 g/mol. The normalized spacial score (nSPS) is 11.5. The van der Waals surface area contributed by atoms with Crippen LogP contribution in [0.4, 0.5) is 13.2 Å². The van der Waals surface area contributed by atoms with Gasteiger partial charge in [0, 0.05) is 26.3 Å². The van der Waals surface area contributed by atoms with E-state index in [2.05, 4.69) is 0 Å². The van der Waals surface area contributed by atoms with Gasteiger partial charge >= 0.3 is 12.1 Å². The molecule has 4 rings (SSSR count). The Morgan fingerprint density at radius 1 is 1.00 bits per heavy atom. The monoisotopic (exact) mass is 488 g/mol. The van der Waals surface area contributed by atoms with Gasteiger partial charge in [0.2, 0.25) is 0 Å². The number of fused-ring (bicyclic) bond motifs is 3. The lowest BCUT2D eigenvalue weighted by atomic mass is 10.1. The van der Waals surface area contributed by atoms with Crippen LogP contribution in [0.5, 0.6) is 0 Å². The van der Waals surface area contributed by atoms with Gasteiger partial charge in [0.15, 0.2) is 5.65 Å². The molecule has 2 aromatic carbocycles. The number of hydrogen-bond donors (Lipinski definition) is 1. The summed E-state index contributed by atoms with van der Waals surface area (Å²) in [6, 6.07) is 15.1. The van der Waals surface area contributed by atoms with Crippen molar-refractivity contribution in [2.75, 3.05) is 34.2 Å². The van der Waals surface area contributed by atoms with Crippen LogP contribution in [0.25, 0.3) is 27.3 Å². The first-order chi connectivity index (χ1) is 16.4. The summed E-state index contributed by atoms with van der Waals surface area (Å²) < 4.78 is 33.2. The van der Waals surface area contributed by atoms with Gasteiger partial charge < -0.3 is 14.9 Å². The Kier molecular flexibility index (Phi) is 7.39. The summed E-state index contributed by atoms with van der Waals surface area (Å²) in [6.07, 6.45) is -3.42. The highest BCUT2D eigenvalue weighted by molar-refractivity contribution is 6.02. The molecule has 0 saturated heterocycles. The maximum Gasteiger partial charge on any atom is 0.490 e. The average Bonchev–Trinajstić information content (AvgIpc) is 2.80. The minimum Gasteiger partial charge on any atom is -0.475 e. The summed E-state index contributed by atoms with van der Waals surface area (Å²) in [5, 5.41) is 9.67. The molecule has 8 nitrogen and oxygen atoms in total. The number of carbonyl (C=O) groups excluding carboxylic acids is 1. The molecular formula is C24H23F3N4O4. The van der Waals surface area contributed by atoms with E-state index in [9.17, 15) is 22.8 Å². The number of amides is 1. The molecule has 0 bridgehead atoms. The summed E-state index contributed by atoms with van der Waals surface area (Å²) in [5.41, 5.74) is 1.24. The zero-order valence-corrected chi connectivity index (χ0v) is 19.2. The second-order valence-electron chi connectivity index (χ2n) is 8.08. The van der Waals surface area contributed by atoms with Gasteiger partial charge in [-0.1, -0.05) is 24.3 Å². The van der Waals surface area contributed by atoms with E-state index in [4.69, 9.17) is 14.9 Å². The molecule has 0 radical (unpaired) electrons. The standard InChI is InChI=1S/C22H22N4O2.C2HF3O2/c1-24(2)11-12-25(3)21(27)17-9-6-10-26-20(17)23-19-14-16-8-5-4-7-15(16)13-18(19)22(26)28;3-2(4,5)1(6)7/h4-10,13-14H,11-12H2,1-3H3;(H,6,7). The maximum atomic E-state index is 13.1. The highest BCUT2D eigenvalue weighted by Gasteiger charge is 2.38. The number of pyridine rings is 1. The molecule has 0 saturated carbocycles. The first-order valence-electron chi connectivity index (χ1n) is 10.4. The third kappa shape index (κ3) is 5.75. The number of halogens is 3. The second kappa shape index (κ2) is 10.1. The topological polar surface area (TPSA) is 95.2 Å². The third-order valence-electron chi connectivity index (χ3n) is 5.21. The Labute approximate surface area is 197 Å². The molecule has 0 spiro atoms. The predicted molar refractivity (Wildman–Crippen MR) is 126 cm³/mol. The van der Waals surface area contributed by atoms with Crippen molar-refractivity contribution >= 4 is 39.2 Å². The Bertz CT molecular complexity index is 1460. The zero-order chi connectivity index (χ0) is 25.9. The van der Waals surface area contributed by atoms with Crippen LogP contribution in [0.2, 0.25) is 0 Å². The molecule has 184 valence electrons. The summed E-state index contributed by atoms with van der Waals surface area (Å²) in [6.45, 7) is 1.35. The van der Waals surface area contributed by atoms with Crippen molar-refractivity contribution in [2.45, 2.75) is 6.18 Å². The quantitative estimate of drug-likeness (QED) is 0.443. The minimum absolute atomic E-state index is 0.146. The van der Waals surface area contributed by atoms with E-state index in [0.717, 1.165) is 17.3 Å². The lowest BCUT2D eigenvalue weighted by Gasteiger charge is -2.20. The summed E-state index contributed by atoms with van der Waals surface area (Å²) in [4.78, 5) is 43.3. The van der Waals surface area contributed by atoms with Crippen LogP contribution >= 0.6 is 0 Å². The van der Waals surface area contributed by atoms with Gasteiger partial charge in [-0.15, -0.1) is 0 Å². The Morgan fingerprint density at radius 2 is 1.60 bits per heavy atom. The highest BCUT2D eigenvalue weighted by Crippen LogP contribution is 2.21. The number of likely N-dealkylation sites (N-methyl/N-ethyl adjacent to an activating group) is 2. The van der Waals surface area contributed by atoms with Gasteiger partial charge in [-0.25, -0.2) is 9.78 Å². The summed E-state index contributed by atoms with van der Waals surface area (Å²) >= 11 is 0. The molecule has 4 aromatic rings. The molecule has 0 atom stereocenters. The van der Waals surface area contributed by atoms with Crippen molar-refractivity contribution in [3.05, 3.63) is 70.6 Å². The van der Waals surface area contributed by atoms with E-state index in [1.54, 1.807) is 30.3 Å². The van der Waals surface area contributed by atoms with Crippen LogP contribution in [0, 0.1) is 0 Å². The number of aliphatic carboxylic acids is 1. The first kappa shape index (κ1) is 25.6. The second-order valence-corrected chi connectivity index (χ2v) is 8.08. The lowest BCUT2D eigenvalue weighted by Crippen LogP contribution is -2.34.